The first-order chi connectivity index (χ1) is 15.8. The first-order valence-corrected chi connectivity index (χ1v) is 12.2. The number of esters is 1. The molecule has 0 saturated carbocycles. The van der Waals surface area contributed by atoms with Gasteiger partial charge in [-0.3, -0.25) is 4.90 Å². The van der Waals surface area contributed by atoms with Crippen LogP contribution in [0.3, 0.4) is 0 Å². The van der Waals surface area contributed by atoms with Gasteiger partial charge in [0.05, 0.1) is 21.7 Å². The van der Waals surface area contributed by atoms with Crippen molar-refractivity contribution in [1.29, 1.82) is 0 Å². The zero-order chi connectivity index (χ0) is 23.4. The van der Waals surface area contributed by atoms with Crippen molar-refractivity contribution in [2.45, 2.75) is 31.9 Å². The summed E-state index contributed by atoms with van der Waals surface area (Å²) in [6.45, 7) is 6.41. The van der Waals surface area contributed by atoms with E-state index in [-0.39, 0.29) is 17.1 Å². The molecule has 0 amide bonds. The van der Waals surface area contributed by atoms with E-state index in [1.807, 2.05) is 18.2 Å². The predicted octanol–water partition coefficient (Wildman–Crippen LogP) is 3.15. The molecule has 0 unspecified atom stereocenters. The third-order valence-electron chi connectivity index (χ3n) is 5.82. The van der Waals surface area contributed by atoms with Crippen LogP contribution >= 0.6 is 0 Å². The van der Waals surface area contributed by atoms with E-state index in [1.165, 1.54) is 22.0 Å². The quantitative estimate of drug-likeness (QED) is 0.491. The van der Waals surface area contributed by atoms with Gasteiger partial charge in [0.1, 0.15) is 12.4 Å². The number of aryl methyl sites for hydroxylation is 2. The zero-order valence-electron chi connectivity index (χ0n) is 18.7. The van der Waals surface area contributed by atoms with Crippen LogP contribution in [0, 0.1) is 13.8 Å². The summed E-state index contributed by atoms with van der Waals surface area (Å²) in [5, 5.41) is 3.84. The summed E-state index contributed by atoms with van der Waals surface area (Å²) >= 11 is 0. The second kappa shape index (κ2) is 9.86. The molecule has 0 bridgehead atoms. The van der Waals surface area contributed by atoms with Gasteiger partial charge < -0.3 is 9.26 Å². The number of carbonyl (C=O) groups excluding carboxylic acids is 1. The van der Waals surface area contributed by atoms with Crippen molar-refractivity contribution in [3.63, 3.8) is 0 Å². The Morgan fingerprint density at radius 1 is 1.03 bits per heavy atom. The molecule has 4 rings (SSSR count). The Morgan fingerprint density at radius 3 is 2.42 bits per heavy atom. The largest absolute Gasteiger partial charge is 0.457 e. The third-order valence-corrected chi connectivity index (χ3v) is 7.71. The number of piperazine rings is 1. The number of ether oxygens (including phenoxy) is 1. The fourth-order valence-electron chi connectivity index (χ4n) is 3.83. The summed E-state index contributed by atoms with van der Waals surface area (Å²) in [4.78, 5) is 14.9. The molecule has 1 aliphatic heterocycles. The zero-order valence-corrected chi connectivity index (χ0v) is 19.5. The fourth-order valence-corrected chi connectivity index (χ4v) is 5.30. The number of hydrogen-bond donors (Lipinski definition) is 0. The van der Waals surface area contributed by atoms with Crippen LogP contribution in [0.5, 0.6) is 0 Å². The predicted molar refractivity (Wildman–Crippen MR) is 122 cm³/mol. The van der Waals surface area contributed by atoms with Crippen molar-refractivity contribution in [3.05, 3.63) is 82.7 Å². The highest BCUT2D eigenvalue weighted by Crippen LogP contribution is 2.21. The van der Waals surface area contributed by atoms with Gasteiger partial charge in [0.25, 0.3) is 0 Å². The van der Waals surface area contributed by atoms with Crippen LogP contribution < -0.4 is 0 Å². The van der Waals surface area contributed by atoms with Crippen molar-refractivity contribution in [1.82, 2.24) is 14.4 Å². The maximum absolute atomic E-state index is 13.2. The van der Waals surface area contributed by atoms with Gasteiger partial charge in [-0.1, -0.05) is 41.6 Å². The minimum atomic E-state index is -3.71. The van der Waals surface area contributed by atoms with Crippen molar-refractivity contribution >= 4 is 16.0 Å². The number of sulfonamides is 1. The summed E-state index contributed by atoms with van der Waals surface area (Å²) in [6, 6.07) is 16.1. The van der Waals surface area contributed by atoms with Crippen LogP contribution in [-0.4, -0.2) is 54.9 Å². The highest BCUT2D eigenvalue weighted by molar-refractivity contribution is 7.89. The summed E-state index contributed by atoms with van der Waals surface area (Å²) in [6.07, 6.45) is 0. The first-order valence-electron chi connectivity index (χ1n) is 10.8. The van der Waals surface area contributed by atoms with Crippen molar-refractivity contribution in [2.24, 2.45) is 0 Å². The van der Waals surface area contributed by atoms with Crippen molar-refractivity contribution < 1.29 is 22.5 Å². The van der Waals surface area contributed by atoms with E-state index in [1.54, 1.807) is 26.0 Å². The lowest BCUT2D eigenvalue weighted by Crippen LogP contribution is -2.48. The Labute approximate surface area is 193 Å². The normalized spacial score (nSPS) is 15.5. The summed E-state index contributed by atoms with van der Waals surface area (Å²) < 4.78 is 38.3. The van der Waals surface area contributed by atoms with Gasteiger partial charge >= 0.3 is 5.97 Å². The van der Waals surface area contributed by atoms with Crippen molar-refractivity contribution in [3.8, 4) is 0 Å². The topological polar surface area (TPSA) is 92.9 Å². The minimum Gasteiger partial charge on any atom is -0.457 e. The van der Waals surface area contributed by atoms with E-state index >= 15 is 0 Å². The van der Waals surface area contributed by atoms with Crippen LogP contribution in [0.1, 0.15) is 32.9 Å². The molecular weight excluding hydrogens is 442 g/mol. The van der Waals surface area contributed by atoms with E-state index in [0.29, 0.717) is 43.2 Å². The minimum absolute atomic E-state index is 0.0142. The maximum Gasteiger partial charge on any atom is 0.338 e. The Morgan fingerprint density at radius 2 is 1.76 bits per heavy atom. The standard InChI is InChI=1S/C24H27N3O5S/c1-18-23(19(2)32-25-18)17-31-24(28)21-9-6-10-22(15-21)33(29,30)27-13-11-26(12-14-27)16-20-7-4-3-5-8-20/h3-10,15H,11-14,16-17H2,1-2H3. The van der Waals surface area contributed by atoms with Crippen LogP contribution in [-0.2, 0) is 27.9 Å². The van der Waals surface area contributed by atoms with Crippen LogP contribution in [0.4, 0.5) is 0 Å². The number of carbonyl (C=O) groups is 1. The molecule has 0 spiro atoms. The van der Waals surface area contributed by atoms with Crippen LogP contribution in [0.2, 0.25) is 0 Å². The molecule has 1 saturated heterocycles. The number of aromatic nitrogens is 1. The van der Waals surface area contributed by atoms with Gasteiger partial charge in [-0.15, -0.1) is 0 Å². The van der Waals surface area contributed by atoms with Gasteiger partial charge in [0.2, 0.25) is 10.0 Å². The van der Waals surface area contributed by atoms with Gasteiger partial charge in [-0.2, -0.15) is 4.31 Å². The molecule has 0 radical (unpaired) electrons. The third kappa shape index (κ3) is 5.32. The summed E-state index contributed by atoms with van der Waals surface area (Å²) in [5.41, 5.74) is 2.76. The molecule has 174 valence electrons. The van der Waals surface area contributed by atoms with Crippen molar-refractivity contribution in [2.75, 3.05) is 26.2 Å². The monoisotopic (exact) mass is 469 g/mol. The SMILES string of the molecule is Cc1noc(C)c1COC(=O)c1cccc(S(=O)(=O)N2CCN(Cc3ccccc3)CC2)c1. The smallest absolute Gasteiger partial charge is 0.338 e. The van der Waals surface area contributed by atoms with E-state index < -0.39 is 16.0 Å². The molecule has 33 heavy (non-hydrogen) atoms. The van der Waals surface area contributed by atoms with E-state index in [4.69, 9.17) is 9.26 Å². The Hall–Kier alpha value is -3.01. The highest BCUT2D eigenvalue weighted by Gasteiger charge is 2.29. The molecule has 8 nitrogen and oxygen atoms in total. The second-order valence-corrected chi connectivity index (χ2v) is 10.0. The van der Waals surface area contributed by atoms with Gasteiger partial charge in [0, 0.05) is 32.7 Å². The van der Waals surface area contributed by atoms with Gasteiger partial charge in [-0.25, -0.2) is 13.2 Å². The lowest BCUT2D eigenvalue weighted by molar-refractivity contribution is 0.0470. The molecule has 0 atom stereocenters. The number of hydrogen-bond acceptors (Lipinski definition) is 7. The van der Waals surface area contributed by atoms with E-state index in [2.05, 4.69) is 22.2 Å². The number of rotatable bonds is 7. The Kier molecular flexibility index (Phi) is 6.92. The lowest BCUT2D eigenvalue weighted by Gasteiger charge is -2.34. The molecular formula is C24H27N3O5S. The van der Waals surface area contributed by atoms with Crippen LogP contribution in [0.25, 0.3) is 0 Å². The number of benzene rings is 2. The summed E-state index contributed by atoms with van der Waals surface area (Å²) in [7, 11) is -3.71. The Bertz CT molecular complexity index is 1200. The molecule has 0 N–H and O–H groups in total. The van der Waals surface area contributed by atoms with E-state index in [9.17, 15) is 13.2 Å². The van der Waals surface area contributed by atoms with Gasteiger partial charge in [0.15, 0.2) is 0 Å². The lowest BCUT2D eigenvalue weighted by atomic mass is 10.2. The average molecular weight is 470 g/mol. The molecule has 1 aliphatic rings. The van der Waals surface area contributed by atoms with Crippen LogP contribution in [0.15, 0.2) is 64.0 Å². The molecule has 2 heterocycles. The summed E-state index contributed by atoms with van der Waals surface area (Å²) in [5.74, 6) is -0.0113. The first kappa shape index (κ1) is 23.2. The average Bonchev–Trinajstić information content (AvgIpc) is 3.15. The molecule has 9 heteroatoms. The van der Waals surface area contributed by atoms with Gasteiger partial charge in [-0.05, 0) is 37.6 Å². The molecule has 0 aliphatic carbocycles. The van der Waals surface area contributed by atoms with E-state index in [0.717, 1.165) is 6.54 Å². The molecule has 3 aromatic rings. The highest BCUT2D eigenvalue weighted by atomic mass is 32.2. The molecule has 1 aromatic heterocycles. The number of nitrogens with zero attached hydrogens (tertiary/aromatic N) is 3. The fraction of sp³-hybridized carbons (Fsp3) is 0.333. The molecule has 2 aromatic carbocycles. The molecule has 1 fully saturated rings. The Balaban J connectivity index is 1.39. The maximum atomic E-state index is 13.2. The second-order valence-electron chi connectivity index (χ2n) is 8.07.